The molecule has 7 heteroatoms. The number of rotatable bonds is 7. The molecule has 0 heterocycles. The third-order valence-corrected chi connectivity index (χ3v) is 3.82. The van der Waals surface area contributed by atoms with Crippen LogP contribution in [0, 0.1) is 0 Å². The summed E-state index contributed by atoms with van der Waals surface area (Å²) in [6, 6.07) is 4.61. The van der Waals surface area contributed by atoms with E-state index >= 15 is 0 Å². The van der Waals surface area contributed by atoms with Crippen LogP contribution in [-0.2, 0) is 10.0 Å². The van der Waals surface area contributed by atoms with Gasteiger partial charge >= 0.3 is 0 Å². The number of hydrogen-bond donors (Lipinski definition) is 2. The second-order valence-electron chi connectivity index (χ2n) is 3.56. The van der Waals surface area contributed by atoms with E-state index in [4.69, 9.17) is 15.2 Å². The zero-order chi connectivity index (χ0) is 13.6. The predicted molar refractivity (Wildman–Crippen MR) is 68.4 cm³/mol. The van der Waals surface area contributed by atoms with E-state index in [0.717, 1.165) is 0 Å². The molecule has 0 aliphatic rings. The molecule has 1 rings (SSSR count). The highest BCUT2D eigenvalue weighted by Gasteiger charge is 2.19. The molecule has 3 N–H and O–H groups in total. The highest BCUT2D eigenvalue weighted by molar-refractivity contribution is 7.89. The topological polar surface area (TPSA) is 90.6 Å². The fourth-order valence-corrected chi connectivity index (χ4v) is 2.64. The van der Waals surface area contributed by atoms with Crippen LogP contribution in [0.1, 0.15) is 6.42 Å². The second kappa shape index (κ2) is 6.58. The van der Waals surface area contributed by atoms with Crippen LogP contribution in [0.4, 0.5) is 0 Å². The van der Waals surface area contributed by atoms with Crippen LogP contribution in [0.3, 0.4) is 0 Å². The monoisotopic (exact) mass is 274 g/mol. The van der Waals surface area contributed by atoms with Crippen molar-refractivity contribution in [1.82, 2.24) is 4.72 Å². The minimum Gasteiger partial charge on any atom is -0.497 e. The molecule has 0 bridgehead atoms. The van der Waals surface area contributed by atoms with Crippen LogP contribution in [0.2, 0.25) is 0 Å². The summed E-state index contributed by atoms with van der Waals surface area (Å²) >= 11 is 0. The summed E-state index contributed by atoms with van der Waals surface area (Å²) in [7, 11) is -0.729. The van der Waals surface area contributed by atoms with Crippen LogP contribution in [0.15, 0.2) is 23.1 Å². The van der Waals surface area contributed by atoms with Crippen LogP contribution in [0.5, 0.6) is 11.5 Å². The first-order valence-electron chi connectivity index (χ1n) is 5.47. The molecule has 0 aliphatic carbocycles. The fourth-order valence-electron chi connectivity index (χ4n) is 1.38. The van der Waals surface area contributed by atoms with Crippen molar-refractivity contribution in [3.05, 3.63) is 18.2 Å². The minimum atomic E-state index is -3.62. The van der Waals surface area contributed by atoms with Crippen molar-refractivity contribution in [2.45, 2.75) is 11.3 Å². The molecule has 18 heavy (non-hydrogen) atoms. The molecule has 0 atom stereocenters. The zero-order valence-electron chi connectivity index (χ0n) is 10.5. The van der Waals surface area contributed by atoms with Gasteiger partial charge in [0.25, 0.3) is 0 Å². The fraction of sp³-hybridized carbons (Fsp3) is 0.455. The zero-order valence-corrected chi connectivity index (χ0v) is 11.3. The summed E-state index contributed by atoms with van der Waals surface area (Å²) < 4.78 is 36.6. The van der Waals surface area contributed by atoms with E-state index in [0.29, 0.717) is 25.3 Å². The van der Waals surface area contributed by atoms with Gasteiger partial charge in [-0.15, -0.1) is 0 Å². The lowest BCUT2D eigenvalue weighted by atomic mass is 10.3. The highest BCUT2D eigenvalue weighted by Crippen LogP contribution is 2.27. The maximum atomic E-state index is 12.1. The molecule has 1 aromatic rings. The maximum Gasteiger partial charge on any atom is 0.244 e. The molecule has 0 spiro atoms. The second-order valence-corrected chi connectivity index (χ2v) is 5.29. The Hall–Kier alpha value is -1.31. The van der Waals surface area contributed by atoms with Gasteiger partial charge in [-0.2, -0.15) is 0 Å². The Balaban J connectivity index is 3.05. The molecule has 1 aromatic carbocycles. The molecule has 6 nitrogen and oxygen atoms in total. The lowest BCUT2D eigenvalue weighted by Gasteiger charge is -2.11. The average Bonchev–Trinajstić information content (AvgIpc) is 2.38. The maximum absolute atomic E-state index is 12.1. The summed E-state index contributed by atoms with van der Waals surface area (Å²) in [5, 5.41) is 0. The molecule has 0 saturated heterocycles. The first-order chi connectivity index (χ1) is 8.55. The molecule has 0 aromatic heterocycles. The van der Waals surface area contributed by atoms with Crippen molar-refractivity contribution >= 4 is 10.0 Å². The van der Waals surface area contributed by atoms with E-state index in [2.05, 4.69) is 4.72 Å². The van der Waals surface area contributed by atoms with Gasteiger partial charge in [0.15, 0.2) is 0 Å². The van der Waals surface area contributed by atoms with Gasteiger partial charge in [-0.05, 0) is 25.1 Å². The van der Waals surface area contributed by atoms with E-state index in [1.54, 1.807) is 12.1 Å². The first kappa shape index (κ1) is 14.7. The number of sulfonamides is 1. The highest BCUT2D eigenvalue weighted by atomic mass is 32.2. The number of methoxy groups -OCH3 is 2. The number of nitrogens with one attached hydrogen (secondary N) is 1. The molecule has 0 amide bonds. The molecular formula is C11H18N2O4S. The SMILES string of the molecule is COc1ccc(OC)c(S(=O)(=O)NCCCN)c1. The van der Waals surface area contributed by atoms with Crippen LogP contribution >= 0.6 is 0 Å². The molecule has 0 radical (unpaired) electrons. The quantitative estimate of drug-likeness (QED) is 0.699. The smallest absolute Gasteiger partial charge is 0.244 e. The standard InChI is InChI=1S/C11H18N2O4S/c1-16-9-4-5-10(17-2)11(8-9)18(14,15)13-7-3-6-12/h4-5,8,13H,3,6-7,12H2,1-2H3. The van der Waals surface area contributed by atoms with E-state index in [-0.39, 0.29) is 10.6 Å². The van der Waals surface area contributed by atoms with Crippen molar-refractivity contribution < 1.29 is 17.9 Å². The van der Waals surface area contributed by atoms with Gasteiger partial charge in [0.2, 0.25) is 10.0 Å². The van der Waals surface area contributed by atoms with Gasteiger partial charge in [-0.1, -0.05) is 0 Å². The Morgan fingerprint density at radius 2 is 2.00 bits per heavy atom. The largest absolute Gasteiger partial charge is 0.497 e. The lowest BCUT2D eigenvalue weighted by molar-refractivity contribution is 0.392. The number of ether oxygens (including phenoxy) is 2. The summed E-state index contributed by atoms with van der Waals surface area (Å²) in [4.78, 5) is 0.0568. The van der Waals surface area contributed by atoms with Crippen molar-refractivity contribution in [2.24, 2.45) is 5.73 Å². The minimum absolute atomic E-state index is 0.0568. The van der Waals surface area contributed by atoms with Crippen LogP contribution in [0.25, 0.3) is 0 Å². The first-order valence-corrected chi connectivity index (χ1v) is 6.95. The van der Waals surface area contributed by atoms with Gasteiger partial charge < -0.3 is 15.2 Å². The average molecular weight is 274 g/mol. The third kappa shape index (κ3) is 3.59. The molecule has 0 unspecified atom stereocenters. The van der Waals surface area contributed by atoms with Crippen LogP contribution in [-0.4, -0.2) is 35.7 Å². The Bertz CT molecular complexity index is 488. The Labute approximate surface area is 107 Å². The Kier molecular flexibility index (Phi) is 5.39. The van der Waals surface area contributed by atoms with Gasteiger partial charge in [0.1, 0.15) is 16.4 Å². The molecular weight excluding hydrogens is 256 g/mol. The van der Waals surface area contributed by atoms with E-state index in [1.165, 1.54) is 20.3 Å². The predicted octanol–water partition coefficient (Wildman–Crippen LogP) is 0.331. The Morgan fingerprint density at radius 1 is 1.28 bits per heavy atom. The molecule has 102 valence electrons. The summed E-state index contributed by atoms with van der Waals surface area (Å²) in [6.45, 7) is 0.719. The molecule has 0 aliphatic heterocycles. The summed E-state index contributed by atoms with van der Waals surface area (Å²) in [5.41, 5.74) is 5.32. The van der Waals surface area contributed by atoms with E-state index in [9.17, 15) is 8.42 Å². The van der Waals surface area contributed by atoms with Crippen molar-refractivity contribution in [3.8, 4) is 11.5 Å². The van der Waals surface area contributed by atoms with E-state index < -0.39 is 10.0 Å². The van der Waals surface area contributed by atoms with Gasteiger partial charge in [0, 0.05) is 12.6 Å². The third-order valence-electron chi connectivity index (χ3n) is 2.33. The van der Waals surface area contributed by atoms with Gasteiger partial charge in [-0.3, -0.25) is 0 Å². The van der Waals surface area contributed by atoms with Gasteiger partial charge in [-0.25, -0.2) is 13.1 Å². The van der Waals surface area contributed by atoms with Crippen molar-refractivity contribution in [1.29, 1.82) is 0 Å². The number of nitrogens with two attached hydrogens (primary N) is 1. The normalized spacial score (nSPS) is 11.3. The number of hydrogen-bond acceptors (Lipinski definition) is 5. The van der Waals surface area contributed by atoms with E-state index in [1.807, 2.05) is 0 Å². The molecule has 0 saturated carbocycles. The van der Waals surface area contributed by atoms with Crippen LogP contribution < -0.4 is 19.9 Å². The molecule has 0 fully saturated rings. The Morgan fingerprint density at radius 3 is 2.56 bits per heavy atom. The summed E-state index contributed by atoms with van der Waals surface area (Å²) in [6.07, 6.45) is 0.575. The number of benzene rings is 1. The lowest BCUT2D eigenvalue weighted by Crippen LogP contribution is -2.26. The van der Waals surface area contributed by atoms with Gasteiger partial charge in [0.05, 0.1) is 14.2 Å². The van der Waals surface area contributed by atoms with Crippen molar-refractivity contribution in [2.75, 3.05) is 27.3 Å². The van der Waals surface area contributed by atoms with Crippen molar-refractivity contribution in [3.63, 3.8) is 0 Å². The summed E-state index contributed by atoms with van der Waals surface area (Å²) in [5.74, 6) is 0.728.